The average Bonchev–Trinajstić information content (AvgIpc) is 3.33. The highest BCUT2D eigenvalue weighted by Crippen LogP contribution is 2.23. The van der Waals surface area contributed by atoms with Crippen LogP contribution >= 0.6 is 0 Å². The maximum atomic E-state index is 12.0. The van der Waals surface area contributed by atoms with Crippen molar-refractivity contribution in [3.8, 4) is 0 Å². The van der Waals surface area contributed by atoms with Gasteiger partial charge in [-0.25, -0.2) is 14.5 Å². The molecule has 0 atom stereocenters. The molecule has 0 radical (unpaired) electrons. The van der Waals surface area contributed by atoms with Crippen LogP contribution in [0.25, 0.3) is 0 Å². The first kappa shape index (κ1) is 73.1. The SMILES string of the molecule is C.C=C1NC(=O)N(C(C)C)C(C)=C1C.C=C1NC(C)=C(C)N(C(C)C)C1=O.Cc1c(C)c(C)n(C(C)C)c(=O)c1C.Cc1nc(C)c(=O)n(C(C)C)c1C.Cc1nc(C)n(C(C)C)c(=O)c1C.Cc1nn(C(C)C)c(=O)c(C)c1C. The van der Waals surface area contributed by atoms with Crippen molar-refractivity contribution < 1.29 is 9.59 Å². The van der Waals surface area contributed by atoms with Crippen molar-refractivity contribution >= 4 is 11.9 Å². The molecule has 17 nitrogen and oxygen atoms in total. The molecule has 0 bridgehead atoms. The Bertz CT molecular complexity index is 3220. The number of pyridine rings is 1. The molecule has 2 aliphatic rings. The topological polar surface area (TPSA) is 191 Å². The van der Waals surface area contributed by atoms with E-state index in [9.17, 15) is 28.8 Å². The van der Waals surface area contributed by atoms with Gasteiger partial charge in [-0.15, -0.1) is 0 Å². The first-order chi connectivity index (χ1) is 36.1. The molecule has 2 aliphatic heterocycles. The van der Waals surface area contributed by atoms with Gasteiger partial charge in [0.15, 0.2) is 0 Å². The highest BCUT2D eigenvalue weighted by atomic mass is 16.2. The van der Waals surface area contributed by atoms with Crippen LogP contribution in [-0.4, -0.2) is 67.3 Å². The van der Waals surface area contributed by atoms with E-state index in [1.807, 2.05) is 192 Å². The van der Waals surface area contributed by atoms with E-state index >= 15 is 0 Å². The van der Waals surface area contributed by atoms with Crippen molar-refractivity contribution in [1.82, 2.24) is 53.9 Å². The maximum absolute atomic E-state index is 12.0. The number of carbonyl (C=O) groups is 2. The molecule has 17 heteroatoms. The number of urea groups is 1. The summed E-state index contributed by atoms with van der Waals surface area (Å²) in [5.41, 5.74) is 16.6. The number of rotatable bonds is 6. The summed E-state index contributed by atoms with van der Waals surface area (Å²) < 4.78 is 6.93. The fourth-order valence-corrected chi connectivity index (χ4v) is 8.98. The number of amides is 3. The van der Waals surface area contributed by atoms with Gasteiger partial charge >= 0.3 is 6.03 Å². The van der Waals surface area contributed by atoms with Crippen LogP contribution in [0.3, 0.4) is 0 Å². The fraction of sp³-hybridized carbons (Fsp3) is 0.571. The Hall–Kier alpha value is -6.91. The minimum absolute atomic E-state index is 0. The lowest BCUT2D eigenvalue weighted by molar-refractivity contribution is -0.127. The third-order valence-corrected chi connectivity index (χ3v) is 14.6. The summed E-state index contributed by atoms with van der Waals surface area (Å²) in [4.78, 5) is 82.3. The van der Waals surface area contributed by atoms with Crippen molar-refractivity contribution in [2.24, 2.45) is 0 Å². The molecule has 0 saturated heterocycles. The maximum Gasteiger partial charge on any atom is 0.326 e. The predicted molar refractivity (Wildman–Crippen MR) is 332 cm³/mol. The monoisotopic (exact) mass is 1110 g/mol. The van der Waals surface area contributed by atoms with E-state index in [0.717, 1.165) is 84.8 Å². The third kappa shape index (κ3) is 17.5. The van der Waals surface area contributed by atoms with E-state index in [1.165, 1.54) is 10.2 Å². The van der Waals surface area contributed by atoms with E-state index in [4.69, 9.17) is 0 Å². The average molecular weight is 1110 g/mol. The number of nitrogens with one attached hydrogen (secondary N) is 2. The number of allylic oxidation sites excluding steroid dienone is 4. The number of aryl methyl sites for hydroxylation is 5. The fourth-order valence-electron chi connectivity index (χ4n) is 8.98. The van der Waals surface area contributed by atoms with Crippen molar-refractivity contribution in [3.63, 3.8) is 0 Å². The number of aromatic nitrogens is 7. The molecule has 446 valence electrons. The zero-order chi connectivity index (χ0) is 61.9. The second kappa shape index (κ2) is 30.6. The molecule has 2 N–H and O–H groups in total. The Morgan fingerprint density at radius 1 is 0.388 bits per heavy atom. The Morgan fingerprint density at radius 2 is 0.838 bits per heavy atom. The standard InChI is InChI=1S/C12H19NO.5C10H16N2O.CH4/c1-7(2)13-11(6)9(4)8(3)10(5)12(13)14;2*1-6(2)12-9(5)7(3)11-8(4)10(12)13;1-6(2)12-9(5)11-8(4)7(3)10(12)13;1-6(2)12-9(5)7(3)8(4)11-10(12)13;1-6(2)12-10(13)8(4)7(3)9(5)11-12;/h7H,1-6H3;6H,1-5H3;6,11H,4H2,1-3,5H3;6H,1-5H3;6H,4H2,1-3,5H3,(H,11,13);6H,1-5H3;1H4. The Morgan fingerprint density at radius 3 is 1.29 bits per heavy atom. The third-order valence-electron chi connectivity index (χ3n) is 14.6. The van der Waals surface area contributed by atoms with Crippen LogP contribution in [0.15, 0.2) is 66.4 Å². The van der Waals surface area contributed by atoms with Gasteiger partial charge < -0.3 is 24.7 Å². The molecule has 0 aliphatic carbocycles. The van der Waals surface area contributed by atoms with E-state index in [0.29, 0.717) is 17.1 Å². The van der Waals surface area contributed by atoms with Gasteiger partial charge in [-0.05, 0) is 223 Å². The van der Waals surface area contributed by atoms with Crippen LogP contribution in [0, 0.1) is 90.0 Å². The summed E-state index contributed by atoms with van der Waals surface area (Å²) in [6, 6.07) is 1.03. The van der Waals surface area contributed by atoms with Crippen molar-refractivity contribution in [1.29, 1.82) is 0 Å². The van der Waals surface area contributed by atoms with Crippen LogP contribution in [0.4, 0.5) is 4.79 Å². The lowest BCUT2D eigenvalue weighted by Gasteiger charge is -2.34. The molecule has 0 fully saturated rings. The Kier molecular flexibility index (Phi) is 28.0. The molecule has 4 aromatic rings. The highest BCUT2D eigenvalue weighted by Gasteiger charge is 2.28. The van der Waals surface area contributed by atoms with Crippen LogP contribution in [0.1, 0.15) is 216 Å². The van der Waals surface area contributed by atoms with Crippen LogP contribution in [0.5, 0.6) is 0 Å². The summed E-state index contributed by atoms with van der Waals surface area (Å²) >= 11 is 0. The molecule has 4 aromatic heterocycles. The van der Waals surface area contributed by atoms with Crippen molar-refractivity contribution in [2.45, 2.75) is 244 Å². The molecule has 0 unspecified atom stereocenters. The molecule has 0 spiro atoms. The summed E-state index contributed by atoms with van der Waals surface area (Å²) in [5, 5.41) is 9.92. The van der Waals surface area contributed by atoms with Gasteiger partial charge in [0, 0.05) is 86.8 Å². The zero-order valence-corrected chi connectivity index (χ0v) is 53.9. The number of hydrogen-bond acceptors (Lipinski definition) is 10. The van der Waals surface area contributed by atoms with Crippen molar-refractivity contribution in [3.05, 3.63) is 162 Å². The summed E-state index contributed by atoms with van der Waals surface area (Å²) in [6.45, 7) is 64.1. The number of carbonyl (C=O) groups excluding carboxylic acids is 2. The van der Waals surface area contributed by atoms with Gasteiger partial charge in [-0.1, -0.05) is 20.6 Å². The molecule has 0 saturated carbocycles. The molecular weight excluding hydrogens is 1010 g/mol. The van der Waals surface area contributed by atoms with Crippen LogP contribution in [0.2, 0.25) is 0 Å². The molecule has 6 rings (SSSR count). The van der Waals surface area contributed by atoms with Gasteiger partial charge in [0.1, 0.15) is 11.5 Å². The largest absolute Gasteiger partial charge is 0.354 e. The van der Waals surface area contributed by atoms with Gasteiger partial charge in [-0.3, -0.25) is 38.4 Å². The lowest BCUT2D eigenvalue weighted by Crippen LogP contribution is -2.46. The summed E-state index contributed by atoms with van der Waals surface area (Å²) in [7, 11) is 0. The normalized spacial score (nSPS) is 13.2. The molecule has 6 heterocycles. The van der Waals surface area contributed by atoms with Gasteiger partial charge in [0.25, 0.3) is 28.1 Å². The second-order valence-corrected chi connectivity index (χ2v) is 22.3. The number of hydrogen-bond donors (Lipinski definition) is 2. The van der Waals surface area contributed by atoms with E-state index in [2.05, 4.69) is 45.8 Å². The van der Waals surface area contributed by atoms with Crippen LogP contribution in [-0.2, 0) is 4.79 Å². The smallest absolute Gasteiger partial charge is 0.326 e. The van der Waals surface area contributed by atoms with Gasteiger partial charge in [0.05, 0.1) is 23.1 Å². The molecular formula is C63H103N11O6. The lowest BCUT2D eigenvalue weighted by atomic mass is 10.0. The molecule has 80 heavy (non-hydrogen) atoms. The first-order valence-electron chi connectivity index (χ1n) is 27.4. The minimum Gasteiger partial charge on any atom is -0.354 e. The van der Waals surface area contributed by atoms with E-state index in [-0.39, 0.29) is 77.9 Å². The Labute approximate surface area is 480 Å². The van der Waals surface area contributed by atoms with Gasteiger partial charge in [-0.2, -0.15) is 5.10 Å². The minimum atomic E-state index is -0.0805. The second-order valence-electron chi connectivity index (χ2n) is 22.3. The predicted octanol–water partition coefficient (Wildman–Crippen LogP) is 12.4. The van der Waals surface area contributed by atoms with E-state index in [1.54, 1.807) is 25.9 Å². The summed E-state index contributed by atoms with van der Waals surface area (Å²) in [6.07, 6.45) is 0. The van der Waals surface area contributed by atoms with Gasteiger partial charge in [0.2, 0.25) is 0 Å². The molecule has 0 aromatic carbocycles. The highest BCUT2D eigenvalue weighted by molar-refractivity contribution is 5.95. The zero-order valence-electron chi connectivity index (χ0n) is 53.9. The molecule has 3 amide bonds. The summed E-state index contributed by atoms with van der Waals surface area (Å²) in [5.74, 6) is 0.765. The quantitative estimate of drug-likeness (QED) is 0.176. The van der Waals surface area contributed by atoms with Crippen molar-refractivity contribution in [2.75, 3.05) is 0 Å². The number of nitrogens with zero attached hydrogens (tertiary/aromatic N) is 9. The Balaban J connectivity index is 0.000000934. The van der Waals surface area contributed by atoms with E-state index < -0.39 is 0 Å². The first-order valence-corrected chi connectivity index (χ1v) is 27.4. The van der Waals surface area contributed by atoms with Crippen LogP contribution < -0.4 is 32.9 Å².